The first kappa shape index (κ1) is 23.8. The van der Waals surface area contributed by atoms with Crippen molar-refractivity contribution in [2.24, 2.45) is 4.99 Å². The minimum Gasteiger partial charge on any atom is -0.494 e. The fraction of sp³-hybridized carbons (Fsp3) is 0.609. The zero-order valence-electron chi connectivity index (χ0n) is 19.8. The van der Waals surface area contributed by atoms with Crippen LogP contribution in [-0.4, -0.2) is 58.1 Å². The molecule has 1 aromatic heterocycles. The molecule has 1 N–H and O–H groups in total. The summed E-state index contributed by atoms with van der Waals surface area (Å²) in [6.45, 7) is 11.5. The number of rotatable bonds is 4. The number of carbonyl (C=O) groups is 1. The Bertz CT molecular complexity index is 1030. The topological polar surface area (TPSA) is 106 Å². The smallest absolute Gasteiger partial charge is 0.412 e. The zero-order chi connectivity index (χ0) is 23.7. The van der Waals surface area contributed by atoms with Gasteiger partial charge in [0.2, 0.25) is 6.08 Å². The highest BCUT2D eigenvalue weighted by Crippen LogP contribution is 2.43. The van der Waals surface area contributed by atoms with Crippen LogP contribution in [0.4, 0.5) is 4.79 Å². The molecule has 32 heavy (non-hydrogen) atoms. The van der Waals surface area contributed by atoms with Gasteiger partial charge in [-0.3, -0.25) is 4.90 Å². The number of ether oxygens (including phenoxy) is 3. The number of piperidine rings is 1. The predicted molar refractivity (Wildman–Crippen MR) is 119 cm³/mol. The number of nitrogens with one attached hydrogen (secondary N) is 1. The number of carbonyl (C=O) groups excluding carboxylic acids is 2. The molecular formula is C23H32N4O5. The van der Waals surface area contributed by atoms with Gasteiger partial charge in [-0.15, -0.1) is 0 Å². The number of H-pyrrole nitrogens is 1. The summed E-state index contributed by atoms with van der Waals surface area (Å²) in [6.07, 6.45) is 0.937. The minimum absolute atomic E-state index is 0.223. The number of nitrogens with zero attached hydrogens (tertiary/aromatic N) is 3. The van der Waals surface area contributed by atoms with Gasteiger partial charge in [-0.25, -0.2) is 14.6 Å². The second-order valence-corrected chi connectivity index (χ2v) is 9.98. The lowest BCUT2D eigenvalue weighted by atomic mass is 9.87. The molecule has 0 bridgehead atoms. The quantitative estimate of drug-likeness (QED) is 0.557. The van der Waals surface area contributed by atoms with E-state index in [1.807, 2.05) is 39.0 Å². The largest absolute Gasteiger partial charge is 0.494 e. The normalized spacial score (nSPS) is 21.8. The Morgan fingerprint density at radius 1 is 1.25 bits per heavy atom. The maximum Gasteiger partial charge on any atom is 0.412 e. The Hall–Kier alpha value is -2.90. The van der Waals surface area contributed by atoms with Gasteiger partial charge in [0, 0.05) is 19.4 Å². The van der Waals surface area contributed by atoms with E-state index in [4.69, 9.17) is 19.2 Å². The lowest BCUT2D eigenvalue weighted by molar-refractivity contribution is -0.173. The number of aliphatic imine (C=N–C) groups is 1. The first-order valence-corrected chi connectivity index (χ1v) is 10.7. The number of fused-ring (bicyclic) bond motifs is 1. The van der Waals surface area contributed by atoms with Crippen molar-refractivity contribution in [3.8, 4) is 5.75 Å². The summed E-state index contributed by atoms with van der Waals surface area (Å²) in [6, 6.07) is 5.63. The molecule has 2 atom stereocenters. The van der Waals surface area contributed by atoms with Gasteiger partial charge in [-0.1, -0.05) is 6.07 Å². The lowest BCUT2D eigenvalue weighted by Gasteiger charge is -2.46. The molecule has 1 aliphatic heterocycles. The van der Waals surface area contributed by atoms with Gasteiger partial charge in [-0.05, 0) is 53.7 Å². The molecule has 2 heterocycles. The van der Waals surface area contributed by atoms with E-state index in [-0.39, 0.29) is 13.0 Å². The molecule has 1 amide bonds. The van der Waals surface area contributed by atoms with E-state index >= 15 is 0 Å². The molecule has 0 spiro atoms. The number of aromatic amines is 1. The third-order valence-corrected chi connectivity index (χ3v) is 5.09. The van der Waals surface area contributed by atoms with E-state index in [1.165, 1.54) is 4.90 Å². The second-order valence-electron chi connectivity index (χ2n) is 9.98. The number of hydrogen-bond acceptors (Lipinski definition) is 7. The monoisotopic (exact) mass is 444 g/mol. The average molecular weight is 445 g/mol. The van der Waals surface area contributed by atoms with Crippen LogP contribution in [0, 0.1) is 0 Å². The number of aromatic nitrogens is 2. The summed E-state index contributed by atoms with van der Waals surface area (Å²) in [7, 11) is 1.60. The molecule has 9 heteroatoms. The Morgan fingerprint density at radius 2 is 1.97 bits per heavy atom. The SMILES string of the molecule is COc1cccc2[nH]c(C3(OC(C)(C)C)CCN(C(=O)OC(C)(C)C)C(N=C=O)C3)nc12. The van der Waals surface area contributed by atoms with Crippen molar-refractivity contribution in [1.82, 2.24) is 14.9 Å². The fourth-order valence-corrected chi connectivity index (χ4v) is 4.00. The lowest BCUT2D eigenvalue weighted by Crippen LogP contribution is -2.54. The summed E-state index contributed by atoms with van der Waals surface area (Å²) in [4.78, 5) is 37.6. The van der Waals surface area contributed by atoms with Crippen molar-refractivity contribution in [1.29, 1.82) is 0 Å². The molecule has 1 aromatic carbocycles. The first-order valence-electron chi connectivity index (χ1n) is 10.7. The molecule has 1 fully saturated rings. The van der Waals surface area contributed by atoms with E-state index in [9.17, 15) is 9.59 Å². The summed E-state index contributed by atoms with van der Waals surface area (Å²) in [5, 5.41) is 0. The van der Waals surface area contributed by atoms with Crippen molar-refractivity contribution in [3.05, 3.63) is 24.0 Å². The molecule has 0 saturated carbocycles. The number of amides is 1. The summed E-state index contributed by atoms with van der Waals surface area (Å²) >= 11 is 0. The molecule has 174 valence electrons. The first-order chi connectivity index (χ1) is 14.9. The Kier molecular flexibility index (Phi) is 6.36. The maximum absolute atomic E-state index is 12.8. The number of methoxy groups -OCH3 is 1. The highest BCUT2D eigenvalue weighted by Gasteiger charge is 2.48. The van der Waals surface area contributed by atoms with Gasteiger partial charge in [0.15, 0.2) is 0 Å². The molecule has 1 saturated heterocycles. The Morgan fingerprint density at radius 3 is 2.56 bits per heavy atom. The molecule has 2 aromatic rings. The van der Waals surface area contributed by atoms with Gasteiger partial charge < -0.3 is 19.2 Å². The third-order valence-electron chi connectivity index (χ3n) is 5.09. The van der Waals surface area contributed by atoms with E-state index in [0.29, 0.717) is 23.5 Å². The molecule has 9 nitrogen and oxygen atoms in total. The number of hydrogen-bond donors (Lipinski definition) is 1. The van der Waals surface area contributed by atoms with Crippen LogP contribution in [0.3, 0.4) is 0 Å². The Labute approximate surface area is 188 Å². The molecule has 1 aliphatic rings. The van der Waals surface area contributed by atoms with Crippen LogP contribution in [0.25, 0.3) is 11.0 Å². The number of isocyanates is 1. The Balaban J connectivity index is 2.04. The number of likely N-dealkylation sites (tertiary alicyclic amines) is 1. The van der Waals surface area contributed by atoms with E-state index in [1.54, 1.807) is 34.0 Å². The van der Waals surface area contributed by atoms with Crippen molar-refractivity contribution in [2.45, 2.75) is 77.4 Å². The van der Waals surface area contributed by atoms with Crippen LogP contribution < -0.4 is 4.74 Å². The summed E-state index contributed by atoms with van der Waals surface area (Å²) in [5.41, 5.74) is -0.607. The van der Waals surface area contributed by atoms with Crippen LogP contribution in [0.2, 0.25) is 0 Å². The van der Waals surface area contributed by atoms with Gasteiger partial charge in [0.25, 0.3) is 0 Å². The maximum atomic E-state index is 12.8. The van der Waals surface area contributed by atoms with E-state index in [2.05, 4.69) is 9.98 Å². The zero-order valence-corrected chi connectivity index (χ0v) is 19.8. The standard InChI is InChI=1S/C23H32N4O5/c1-21(2,3)31-20(29)27-12-11-23(32-22(4,5)6,13-17(27)24-14-28)19-25-15-9-8-10-16(30-7)18(15)26-19/h8-10,17H,11-13H2,1-7H3,(H,25,26). The van der Waals surface area contributed by atoms with E-state index in [0.717, 1.165) is 5.52 Å². The molecule has 2 unspecified atom stereocenters. The number of imidazole rings is 1. The van der Waals surface area contributed by atoms with Crippen LogP contribution >= 0.6 is 0 Å². The highest BCUT2D eigenvalue weighted by atomic mass is 16.6. The van der Waals surface area contributed by atoms with Crippen LogP contribution in [-0.2, 0) is 19.9 Å². The van der Waals surface area contributed by atoms with Crippen molar-refractivity contribution >= 4 is 23.2 Å². The highest BCUT2D eigenvalue weighted by molar-refractivity contribution is 5.82. The van der Waals surface area contributed by atoms with Crippen LogP contribution in [0.1, 0.15) is 60.2 Å². The molecule has 3 rings (SSSR count). The number of para-hydroxylation sites is 1. The van der Waals surface area contributed by atoms with Crippen molar-refractivity contribution in [3.63, 3.8) is 0 Å². The molecular weight excluding hydrogens is 412 g/mol. The van der Waals surface area contributed by atoms with E-state index < -0.39 is 29.1 Å². The van der Waals surface area contributed by atoms with Crippen LogP contribution in [0.15, 0.2) is 23.2 Å². The van der Waals surface area contributed by atoms with Gasteiger partial charge >= 0.3 is 6.09 Å². The number of benzene rings is 1. The molecule has 0 radical (unpaired) electrons. The minimum atomic E-state index is -0.911. The second kappa shape index (κ2) is 8.56. The van der Waals surface area contributed by atoms with Gasteiger partial charge in [0.05, 0.1) is 18.2 Å². The summed E-state index contributed by atoms with van der Waals surface area (Å²) < 4.78 is 17.5. The fourth-order valence-electron chi connectivity index (χ4n) is 4.00. The molecule has 0 aliphatic carbocycles. The van der Waals surface area contributed by atoms with Crippen LogP contribution in [0.5, 0.6) is 5.75 Å². The predicted octanol–water partition coefficient (Wildman–Crippen LogP) is 4.27. The third kappa shape index (κ3) is 5.11. The van der Waals surface area contributed by atoms with Crippen molar-refractivity contribution < 1.29 is 23.8 Å². The van der Waals surface area contributed by atoms with Crippen molar-refractivity contribution in [2.75, 3.05) is 13.7 Å². The summed E-state index contributed by atoms with van der Waals surface area (Å²) in [5.74, 6) is 1.24. The van der Waals surface area contributed by atoms with Gasteiger partial charge in [0.1, 0.15) is 34.5 Å². The van der Waals surface area contributed by atoms with Gasteiger partial charge in [-0.2, -0.15) is 4.99 Å². The average Bonchev–Trinajstić information content (AvgIpc) is 3.11.